The molecule has 1 fully saturated rings. The molecule has 148 valence electrons. The molecule has 1 aromatic rings. The first-order valence-corrected chi connectivity index (χ1v) is 8.93. The fourth-order valence-corrected chi connectivity index (χ4v) is 2.71. The van der Waals surface area contributed by atoms with Gasteiger partial charge in [-0.1, -0.05) is 12.1 Å². The third-order valence-corrected chi connectivity index (χ3v) is 3.97. The van der Waals surface area contributed by atoms with Crippen molar-refractivity contribution in [1.29, 1.82) is 0 Å². The highest BCUT2D eigenvalue weighted by Crippen LogP contribution is 2.11. The van der Waals surface area contributed by atoms with Gasteiger partial charge in [0.1, 0.15) is 17.5 Å². The number of ether oxygens (including phenoxy) is 1. The minimum atomic E-state index is -0.876. The van der Waals surface area contributed by atoms with Crippen LogP contribution in [-0.4, -0.2) is 54.1 Å². The summed E-state index contributed by atoms with van der Waals surface area (Å²) in [5.74, 6) is -0.791. The van der Waals surface area contributed by atoms with Crippen LogP contribution in [0.2, 0.25) is 0 Å². The van der Waals surface area contributed by atoms with Gasteiger partial charge in [0.25, 0.3) is 0 Å². The van der Waals surface area contributed by atoms with Gasteiger partial charge in [-0.05, 0) is 38.5 Å². The maximum atomic E-state index is 13.1. The van der Waals surface area contributed by atoms with Gasteiger partial charge in [-0.2, -0.15) is 0 Å². The molecule has 0 bridgehead atoms. The second-order valence-corrected chi connectivity index (χ2v) is 7.45. The normalized spacial score (nSPS) is 16.1. The van der Waals surface area contributed by atoms with Gasteiger partial charge in [0.2, 0.25) is 11.8 Å². The van der Waals surface area contributed by atoms with Crippen LogP contribution in [0.1, 0.15) is 32.8 Å². The van der Waals surface area contributed by atoms with Crippen LogP contribution in [0, 0.1) is 5.82 Å². The molecule has 2 N–H and O–H groups in total. The summed E-state index contributed by atoms with van der Waals surface area (Å²) in [4.78, 5) is 38.2. The van der Waals surface area contributed by atoms with Crippen LogP contribution >= 0.6 is 0 Å². The van der Waals surface area contributed by atoms with Crippen LogP contribution < -0.4 is 10.6 Å². The van der Waals surface area contributed by atoms with Gasteiger partial charge in [-0.15, -0.1) is 0 Å². The lowest BCUT2D eigenvalue weighted by Gasteiger charge is -2.28. The zero-order valence-electron chi connectivity index (χ0n) is 15.9. The molecular weight excluding hydrogens is 353 g/mol. The standard InChI is InChI=1S/C19H26FN3O4/c1-19(2,3)27-18(26)22-15(12-13-4-6-14(20)7-5-13)17(25)23-10-8-16(24)21-9-11-23/h4-7,15H,8-12H2,1-3H3,(H,21,24)(H,22,26)/t15-/m0/s1. The first-order valence-electron chi connectivity index (χ1n) is 8.93. The van der Waals surface area contributed by atoms with Crippen molar-refractivity contribution in [2.75, 3.05) is 19.6 Å². The number of amides is 3. The smallest absolute Gasteiger partial charge is 0.408 e. The molecule has 8 heteroatoms. The number of benzene rings is 1. The van der Waals surface area contributed by atoms with Crippen LogP contribution in [0.25, 0.3) is 0 Å². The number of hydrogen-bond acceptors (Lipinski definition) is 4. The molecule has 1 aromatic carbocycles. The zero-order valence-corrected chi connectivity index (χ0v) is 15.9. The lowest BCUT2D eigenvalue weighted by Crippen LogP contribution is -2.51. The summed E-state index contributed by atoms with van der Waals surface area (Å²) in [5.41, 5.74) is 0.00166. The summed E-state index contributed by atoms with van der Waals surface area (Å²) in [6.45, 7) is 6.20. The maximum absolute atomic E-state index is 13.1. The molecule has 0 radical (unpaired) electrons. The Morgan fingerprint density at radius 3 is 2.56 bits per heavy atom. The van der Waals surface area contributed by atoms with E-state index >= 15 is 0 Å². The van der Waals surface area contributed by atoms with Crippen molar-refractivity contribution < 1.29 is 23.5 Å². The van der Waals surface area contributed by atoms with Crippen molar-refractivity contribution in [2.24, 2.45) is 0 Å². The number of nitrogens with one attached hydrogen (secondary N) is 2. The highest BCUT2D eigenvalue weighted by molar-refractivity contribution is 5.87. The van der Waals surface area contributed by atoms with E-state index in [2.05, 4.69) is 10.6 Å². The quantitative estimate of drug-likeness (QED) is 0.832. The van der Waals surface area contributed by atoms with Crippen molar-refractivity contribution in [1.82, 2.24) is 15.5 Å². The van der Waals surface area contributed by atoms with E-state index in [1.165, 1.54) is 12.1 Å². The molecule has 2 rings (SSSR count). The van der Waals surface area contributed by atoms with Crippen molar-refractivity contribution >= 4 is 17.9 Å². The van der Waals surface area contributed by atoms with E-state index in [0.717, 1.165) is 0 Å². The Morgan fingerprint density at radius 2 is 1.93 bits per heavy atom. The predicted molar refractivity (Wildman–Crippen MR) is 97.5 cm³/mol. The van der Waals surface area contributed by atoms with E-state index < -0.39 is 17.7 Å². The fourth-order valence-electron chi connectivity index (χ4n) is 2.71. The van der Waals surface area contributed by atoms with Gasteiger partial charge in [0.05, 0.1) is 0 Å². The Hall–Kier alpha value is -2.64. The van der Waals surface area contributed by atoms with E-state index in [9.17, 15) is 18.8 Å². The SMILES string of the molecule is CC(C)(C)OC(=O)N[C@@H](Cc1ccc(F)cc1)C(=O)N1CCNC(=O)CC1. The minimum absolute atomic E-state index is 0.111. The molecule has 0 aliphatic carbocycles. The monoisotopic (exact) mass is 379 g/mol. The molecule has 1 saturated heterocycles. The number of nitrogens with zero attached hydrogens (tertiary/aromatic N) is 1. The second kappa shape index (κ2) is 8.83. The third kappa shape index (κ3) is 6.88. The molecule has 0 aromatic heterocycles. The molecule has 3 amide bonds. The number of alkyl carbamates (subject to hydrolysis) is 1. The first-order chi connectivity index (χ1) is 12.6. The highest BCUT2D eigenvalue weighted by Gasteiger charge is 2.29. The van der Waals surface area contributed by atoms with Crippen LogP contribution in [-0.2, 0) is 20.7 Å². The highest BCUT2D eigenvalue weighted by atomic mass is 19.1. The van der Waals surface area contributed by atoms with E-state index in [0.29, 0.717) is 18.7 Å². The number of rotatable bonds is 4. The summed E-state index contributed by atoms with van der Waals surface area (Å²) in [5, 5.41) is 5.32. The Kier molecular flexibility index (Phi) is 6.76. The summed E-state index contributed by atoms with van der Waals surface area (Å²) >= 11 is 0. The van der Waals surface area contributed by atoms with E-state index in [-0.39, 0.29) is 37.0 Å². The predicted octanol–water partition coefficient (Wildman–Crippen LogP) is 1.61. The largest absolute Gasteiger partial charge is 0.444 e. The van der Waals surface area contributed by atoms with Gasteiger partial charge in [-0.3, -0.25) is 9.59 Å². The first kappa shape index (κ1) is 20.7. The summed E-state index contributed by atoms with van der Waals surface area (Å²) in [6, 6.07) is 4.87. The number of hydrogen-bond donors (Lipinski definition) is 2. The summed E-state index contributed by atoms with van der Waals surface area (Å²) in [7, 11) is 0. The molecule has 1 aliphatic heterocycles. The summed E-state index contributed by atoms with van der Waals surface area (Å²) < 4.78 is 18.4. The van der Waals surface area contributed by atoms with Crippen molar-refractivity contribution in [3.8, 4) is 0 Å². The molecule has 1 heterocycles. The van der Waals surface area contributed by atoms with Crippen LogP contribution in [0.3, 0.4) is 0 Å². The Bertz CT molecular complexity index is 685. The molecule has 0 saturated carbocycles. The van der Waals surface area contributed by atoms with Gasteiger partial charge in [-0.25, -0.2) is 9.18 Å². The maximum Gasteiger partial charge on any atom is 0.408 e. The molecule has 1 aliphatic rings. The van der Waals surface area contributed by atoms with Gasteiger partial charge in [0, 0.05) is 32.5 Å². The number of halogens is 1. The molecule has 0 unspecified atom stereocenters. The van der Waals surface area contributed by atoms with Crippen LogP contribution in [0.15, 0.2) is 24.3 Å². The van der Waals surface area contributed by atoms with E-state index in [1.54, 1.807) is 37.8 Å². The number of carbonyl (C=O) groups is 3. The lowest BCUT2D eigenvalue weighted by molar-refractivity contribution is -0.133. The van der Waals surface area contributed by atoms with E-state index in [4.69, 9.17) is 4.74 Å². The topological polar surface area (TPSA) is 87.7 Å². The van der Waals surface area contributed by atoms with Gasteiger partial charge in [0.15, 0.2) is 0 Å². The van der Waals surface area contributed by atoms with Crippen molar-refractivity contribution in [2.45, 2.75) is 45.3 Å². The van der Waals surface area contributed by atoms with Gasteiger partial charge < -0.3 is 20.3 Å². The zero-order chi connectivity index (χ0) is 20.0. The van der Waals surface area contributed by atoms with Crippen LogP contribution in [0.4, 0.5) is 9.18 Å². The van der Waals surface area contributed by atoms with Gasteiger partial charge >= 0.3 is 6.09 Å². The minimum Gasteiger partial charge on any atom is -0.444 e. The molecule has 7 nitrogen and oxygen atoms in total. The van der Waals surface area contributed by atoms with Crippen molar-refractivity contribution in [3.05, 3.63) is 35.6 Å². The molecule has 1 atom stereocenters. The molecule has 27 heavy (non-hydrogen) atoms. The van der Waals surface area contributed by atoms with E-state index in [1.807, 2.05) is 0 Å². The third-order valence-electron chi connectivity index (χ3n) is 3.97. The molecular formula is C19H26FN3O4. The Morgan fingerprint density at radius 1 is 1.26 bits per heavy atom. The fraction of sp³-hybridized carbons (Fsp3) is 0.526. The van der Waals surface area contributed by atoms with Crippen molar-refractivity contribution in [3.63, 3.8) is 0 Å². The average molecular weight is 379 g/mol. The lowest BCUT2D eigenvalue weighted by atomic mass is 10.0. The molecule has 0 spiro atoms. The second-order valence-electron chi connectivity index (χ2n) is 7.45. The number of carbonyl (C=O) groups excluding carboxylic acids is 3. The average Bonchev–Trinajstić information content (AvgIpc) is 2.78. The Labute approximate surface area is 158 Å². The summed E-state index contributed by atoms with van der Waals surface area (Å²) in [6.07, 6.45) is -0.301. The Balaban J connectivity index is 2.14. The van der Waals surface area contributed by atoms with Crippen LogP contribution in [0.5, 0.6) is 0 Å².